The molecule has 0 bridgehead atoms. The minimum absolute atomic E-state index is 0.152. The van der Waals surface area contributed by atoms with E-state index in [2.05, 4.69) is 5.32 Å². The third-order valence-corrected chi connectivity index (χ3v) is 2.43. The van der Waals surface area contributed by atoms with Crippen LogP contribution in [-0.4, -0.2) is 23.1 Å². The highest BCUT2D eigenvalue weighted by Gasteiger charge is 2.31. The van der Waals surface area contributed by atoms with Crippen molar-refractivity contribution in [3.8, 4) is 6.07 Å². The fraction of sp³-hybridized carbons (Fsp3) is 0.250. The predicted octanol–water partition coefficient (Wildman–Crippen LogP) is 2.17. The van der Waals surface area contributed by atoms with Crippen LogP contribution in [0.4, 0.5) is 23.7 Å². The van der Waals surface area contributed by atoms with Crippen LogP contribution in [0, 0.1) is 11.3 Å². The monoisotopic (exact) mass is 301 g/mol. The Bertz CT molecular complexity index is 608. The fourth-order valence-electron chi connectivity index (χ4n) is 1.34. The van der Waals surface area contributed by atoms with Crippen molar-refractivity contribution in [1.82, 2.24) is 5.32 Å². The van der Waals surface area contributed by atoms with Gasteiger partial charge in [-0.1, -0.05) is 0 Å². The molecule has 0 aliphatic carbocycles. The molecule has 0 spiro atoms. The van der Waals surface area contributed by atoms with Gasteiger partial charge in [0.25, 0.3) is 0 Å². The van der Waals surface area contributed by atoms with Gasteiger partial charge in [-0.2, -0.15) is 18.4 Å². The number of carbonyl (C=O) groups is 2. The van der Waals surface area contributed by atoms with E-state index in [1.165, 1.54) is 13.0 Å². The number of nitrogens with zero attached hydrogens (tertiary/aromatic N) is 1. The van der Waals surface area contributed by atoms with Crippen molar-refractivity contribution < 1.29 is 27.9 Å². The number of urea groups is 1. The van der Waals surface area contributed by atoms with Crippen molar-refractivity contribution in [2.24, 2.45) is 0 Å². The zero-order chi connectivity index (χ0) is 16.2. The number of carboxylic acids is 1. The Morgan fingerprint density at radius 1 is 1.38 bits per heavy atom. The Labute approximate surface area is 117 Å². The Morgan fingerprint density at radius 3 is 2.48 bits per heavy atom. The maximum atomic E-state index is 12.5. The van der Waals surface area contributed by atoms with Gasteiger partial charge < -0.3 is 15.7 Å². The standard InChI is InChI=1S/C12H10F3N3O3/c1-6(10(19)20)17-11(21)18-9-3-2-8(12(13,14)15)4-7(9)5-16/h2-4,6H,1H3,(H,19,20)(H2,17,18,21)/t6-/m1/s1. The second-order valence-corrected chi connectivity index (χ2v) is 4.03. The molecule has 9 heteroatoms. The number of benzene rings is 1. The van der Waals surface area contributed by atoms with Crippen LogP contribution >= 0.6 is 0 Å². The summed E-state index contributed by atoms with van der Waals surface area (Å²) in [5.41, 5.74) is -1.56. The molecule has 2 amide bonds. The zero-order valence-electron chi connectivity index (χ0n) is 10.7. The third kappa shape index (κ3) is 4.38. The molecule has 0 unspecified atom stereocenters. The lowest BCUT2D eigenvalue weighted by Crippen LogP contribution is -2.41. The molecular weight excluding hydrogens is 291 g/mol. The molecule has 0 aromatic heterocycles. The molecule has 0 saturated heterocycles. The number of halogens is 3. The van der Waals surface area contributed by atoms with Crippen molar-refractivity contribution in [3.05, 3.63) is 29.3 Å². The number of hydrogen-bond donors (Lipinski definition) is 3. The number of rotatable bonds is 3. The van der Waals surface area contributed by atoms with Crippen LogP contribution in [-0.2, 0) is 11.0 Å². The number of nitriles is 1. The minimum Gasteiger partial charge on any atom is -0.480 e. The van der Waals surface area contributed by atoms with Gasteiger partial charge in [0.1, 0.15) is 12.1 Å². The summed E-state index contributed by atoms with van der Waals surface area (Å²) >= 11 is 0. The van der Waals surface area contributed by atoms with E-state index in [0.29, 0.717) is 12.1 Å². The summed E-state index contributed by atoms with van der Waals surface area (Å²) in [5, 5.41) is 21.6. The molecule has 1 atom stereocenters. The minimum atomic E-state index is -4.61. The van der Waals surface area contributed by atoms with E-state index < -0.39 is 29.8 Å². The quantitative estimate of drug-likeness (QED) is 0.796. The van der Waals surface area contributed by atoms with Crippen molar-refractivity contribution in [2.75, 3.05) is 5.32 Å². The zero-order valence-corrected chi connectivity index (χ0v) is 10.7. The van der Waals surface area contributed by atoms with Gasteiger partial charge in [-0.15, -0.1) is 0 Å². The number of anilines is 1. The normalized spacial score (nSPS) is 12.1. The molecule has 3 N–H and O–H groups in total. The maximum Gasteiger partial charge on any atom is 0.416 e. The van der Waals surface area contributed by atoms with Crippen LogP contribution in [0.15, 0.2) is 18.2 Å². The Morgan fingerprint density at radius 2 is 2.00 bits per heavy atom. The summed E-state index contributed by atoms with van der Waals surface area (Å²) in [6.07, 6.45) is -4.61. The van der Waals surface area contributed by atoms with Crippen molar-refractivity contribution in [2.45, 2.75) is 19.1 Å². The molecular formula is C12H10F3N3O3. The average molecular weight is 301 g/mol. The molecule has 1 aromatic carbocycles. The molecule has 0 aliphatic rings. The summed E-state index contributed by atoms with van der Waals surface area (Å²) in [4.78, 5) is 22.0. The first-order valence-corrected chi connectivity index (χ1v) is 5.57. The molecule has 6 nitrogen and oxygen atoms in total. The molecule has 0 aliphatic heterocycles. The van der Waals surface area contributed by atoms with Gasteiger partial charge >= 0.3 is 18.2 Å². The van der Waals surface area contributed by atoms with Gasteiger partial charge in [-0.25, -0.2) is 4.79 Å². The first-order valence-electron chi connectivity index (χ1n) is 5.57. The van der Waals surface area contributed by atoms with Crippen LogP contribution in [0.25, 0.3) is 0 Å². The number of hydrogen-bond acceptors (Lipinski definition) is 3. The Balaban J connectivity index is 2.92. The van der Waals surface area contributed by atoms with E-state index in [1.54, 1.807) is 0 Å². The van der Waals surface area contributed by atoms with E-state index in [4.69, 9.17) is 10.4 Å². The SMILES string of the molecule is C[C@@H](NC(=O)Nc1ccc(C(F)(F)F)cc1C#N)C(=O)O. The molecule has 21 heavy (non-hydrogen) atoms. The van der Waals surface area contributed by atoms with Gasteiger partial charge in [0.05, 0.1) is 16.8 Å². The van der Waals surface area contributed by atoms with Crippen LogP contribution in [0.5, 0.6) is 0 Å². The third-order valence-electron chi connectivity index (χ3n) is 2.43. The molecule has 1 aromatic rings. The topological polar surface area (TPSA) is 102 Å². The van der Waals surface area contributed by atoms with Crippen LogP contribution in [0.3, 0.4) is 0 Å². The first kappa shape index (κ1) is 16.3. The molecule has 0 radical (unpaired) electrons. The number of carbonyl (C=O) groups excluding carboxylic acids is 1. The largest absolute Gasteiger partial charge is 0.480 e. The Hall–Kier alpha value is -2.76. The number of aliphatic carboxylic acids is 1. The predicted molar refractivity (Wildman–Crippen MR) is 65.4 cm³/mol. The molecule has 0 saturated carbocycles. The molecule has 112 valence electrons. The lowest BCUT2D eigenvalue weighted by Gasteiger charge is -2.13. The van der Waals surface area contributed by atoms with Gasteiger partial charge in [0.15, 0.2) is 0 Å². The summed E-state index contributed by atoms with van der Waals surface area (Å²) in [7, 11) is 0. The molecule has 0 heterocycles. The summed E-state index contributed by atoms with van der Waals surface area (Å²) in [6, 6.07) is 1.62. The van der Waals surface area contributed by atoms with Crippen molar-refractivity contribution in [1.29, 1.82) is 5.26 Å². The van der Waals surface area contributed by atoms with Crippen LogP contribution in [0.2, 0.25) is 0 Å². The lowest BCUT2D eigenvalue weighted by molar-refractivity contribution is -0.139. The van der Waals surface area contributed by atoms with E-state index >= 15 is 0 Å². The summed E-state index contributed by atoms with van der Waals surface area (Å²) in [6.45, 7) is 1.21. The van der Waals surface area contributed by atoms with Gasteiger partial charge in [0.2, 0.25) is 0 Å². The highest BCUT2D eigenvalue weighted by molar-refractivity contribution is 5.93. The van der Waals surface area contributed by atoms with E-state index in [9.17, 15) is 22.8 Å². The summed E-state index contributed by atoms with van der Waals surface area (Å²) in [5.74, 6) is -1.28. The highest BCUT2D eigenvalue weighted by Crippen LogP contribution is 2.31. The Kier molecular flexibility index (Phi) is 4.75. The first-order chi connectivity index (χ1) is 9.65. The second kappa shape index (κ2) is 6.13. The van der Waals surface area contributed by atoms with Gasteiger partial charge in [0, 0.05) is 0 Å². The van der Waals surface area contributed by atoms with Crippen molar-refractivity contribution >= 4 is 17.7 Å². The van der Waals surface area contributed by atoms with Gasteiger partial charge in [-0.05, 0) is 25.1 Å². The smallest absolute Gasteiger partial charge is 0.416 e. The lowest BCUT2D eigenvalue weighted by atomic mass is 10.1. The van der Waals surface area contributed by atoms with Crippen LogP contribution in [0.1, 0.15) is 18.1 Å². The summed E-state index contributed by atoms with van der Waals surface area (Å²) < 4.78 is 37.5. The second-order valence-electron chi connectivity index (χ2n) is 4.03. The van der Waals surface area contributed by atoms with E-state index in [1.807, 2.05) is 5.32 Å². The average Bonchev–Trinajstić information content (AvgIpc) is 2.37. The fourth-order valence-corrected chi connectivity index (χ4v) is 1.34. The number of alkyl halides is 3. The number of nitrogens with one attached hydrogen (secondary N) is 2. The highest BCUT2D eigenvalue weighted by atomic mass is 19.4. The maximum absolute atomic E-state index is 12.5. The molecule has 1 rings (SSSR count). The van der Waals surface area contributed by atoms with E-state index in [0.717, 1.165) is 6.07 Å². The van der Waals surface area contributed by atoms with Gasteiger partial charge in [-0.3, -0.25) is 4.79 Å². The number of amides is 2. The molecule has 0 fully saturated rings. The van der Waals surface area contributed by atoms with Crippen LogP contribution < -0.4 is 10.6 Å². The van der Waals surface area contributed by atoms with Crippen molar-refractivity contribution in [3.63, 3.8) is 0 Å². The van der Waals surface area contributed by atoms with E-state index in [-0.39, 0.29) is 11.3 Å². The number of carboxylic acid groups (broad SMARTS) is 1.